The van der Waals surface area contributed by atoms with Crippen molar-refractivity contribution in [1.82, 2.24) is 9.62 Å². The van der Waals surface area contributed by atoms with Crippen molar-refractivity contribution in [3.63, 3.8) is 0 Å². The lowest BCUT2D eigenvalue weighted by atomic mass is 10.1. The molecule has 1 fully saturated rings. The maximum atomic E-state index is 12.7. The fraction of sp³-hybridized carbons (Fsp3) is 0.294. The predicted molar refractivity (Wildman–Crippen MR) is 95.3 cm³/mol. The molecule has 1 atom stereocenters. The number of nitrogens with zero attached hydrogens (tertiary/aromatic N) is 1. The molecule has 23 heavy (non-hydrogen) atoms. The van der Waals surface area contributed by atoms with E-state index in [1.54, 1.807) is 16.4 Å². The van der Waals surface area contributed by atoms with Gasteiger partial charge >= 0.3 is 0 Å². The van der Waals surface area contributed by atoms with Gasteiger partial charge in [0.15, 0.2) is 0 Å². The van der Waals surface area contributed by atoms with Crippen LogP contribution in [0.25, 0.3) is 11.1 Å². The van der Waals surface area contributed by atoms with Crippen molar-refractivity contribution in [1.29, 1.82) is 0 Å². The first-order valence-corrected chi connectivity index (χ1v) is 8.90. The van der Waals surface area contributed by atoms with Gasteiger partial charge in [0.05, 0.1) is 4.90 Å². The zero-order valence-corrected chi connectivity index (χ0v) is 14.6. The van der Waals surface area contributed by atoms with Crippen molar-refractivity contribution in [3.8, 4) is 11.1 Å². The highest BCUT2D eigenvalue weighted by molar-refractivity contribution is 7.89. The molecule has 1 aliphatic rings. The van der Waals surface area contributed by atoms with E-state index in [9.17, 15) is 8.42 Å². The SMILES string of the molecule is CC1CN(S(=O)(=O)c2ccc(-c3ccccc3)cc2)CCN1.Cl. The molecule has 0 aliphatic carbocycles. The Morgan fingerprint density at radius 1 is 1.00 bits per heavy atom. The van der Waals surface area contributed by atoms with Crippen LogP contribution in [0.15, 0.2) is 59.5 Å². The largest absolute Gasteiger partial charge is 0.312 e. The average molecular weight is 353 g/mol. The first-order chi connectivity index (χ1) is 10.6. The van der Waals surface area contributed by atoms with E-state index in [1.165, 1.54) is 0 Å². The maximum Gasteiger partial charge on any atom is 0.243 e. The van der Waals surface area contributed by atoms with Crippen LogP contribution in [0.4, 0.5) is 0 Å². The Morgan fingerprint density at radius 3 is 2.22 bits per heavy atom. The number of benzene rings is 2. The van der Waals surface area contributed by atoms with Gasteiger partial charge in [-0.15, -0.1) is 12.4 Å². The van der Waals surface area contributed by atoms with Crippen molar-refractivity contribution in [2.45, 2.75) is 17.9 Å². The van der Waals surface area contributed by atoms with Gasteiger partial charge in [0.2, 0.25) is 10.0 Å². The van der Waals surface area contributed by atoms with E-state index in [-0.39, 0.29) is 18.4 Å². The van der Waals surface area contributed by atoms with E-state index in [2.05, 4.69) is 5.32 Å². The third kappa shape index (κ3) is 3.93. The Kier molecular flexibility index (Phi) is 5.81. The summed E-state index contributed by atoms with van der Waals surface area (Å²) in [6, 6.07) is 17.3. The molecule has 0 bridgehead atoms. The van der Waals surface area contributed by atoms with E-state index in [4.69, 9.17) is 0 Å². The number of nitrogens with one attached hydrogen (secondary N) is 1. The summed E-state index contributed by atoms with van der Waals surface area (Å²) in [4.78, 5) is 0.362. The monoisotopic (exact) mass is 352 g/mol. The summed E-state index contributed by atoms with van der Waals surface area (Å²) < 4.78 is 26.9. The molecule has 3 rings (SSSR count). The van der Waals surface area contributed by atoms with Crippen LogP contribution < -0.4 is 5.32 Å². The van der Waals surface area contributed by atoms with Crippen LogP contribution in [0.1, 0.15) is 6.92 Å². The topological polar surface area (TPSA) is 49.4 Å². The van der Waals surface area contributed by atoms with Gasteiger partial charge in [-0.3, -0.25) is 0 Å². The number of sulfonamides is 1. The van der Waals surface area contributed by atoms with E-state index >= 15 is 0 Å². The smallest absolute Gasteiger partial charge is 0.243 e. The Balaban J connectivity index is 0.00000192. The molecule has 0 saturated carbocycles. The Labute approximate surface area is 144 Å². The van der Waals surface area contributed by atoms with E-state index < -0.39 is 10.0 Å². The molecule has 124 valence electrons. The minimum absolute atomic E-state index is 0. The molecule has 1 aliphatic heterocycles. The molecule has 6 heteroatoms. The number of hydrogen-bond acceptors (Lipinski definition) is 3. The van der Waals surface area contributed by atoms with Gasteiger partial charge in [0, 0.05) is 25.7 Å². The second kappa shape index (κ2) is 7.45. The first-order valence-electron chi connectivity index (χ1n) is 7.46. The first kappa shape index (κ1) is 17.9. The van der Waals surface area contributed by atoms with Gasteiger partial charge in [-0.05, 0) is 30.2 Å². The van der Waals surface area contributed by atoms with Gasteiger partial charge < -0.3 is 5.32 Å². The van der Waals surface area contributed by atoms with Crippen LogP contribution in [-0.4, -0.2) is 38.4 Å². The Bertz CT molecular complexity index is 733. The summed E-state index contributed by atoms with van der Waals surface area (Å²) in [7, 11) is -3.40. The summed E-state index contributed by atoms with van der Waals surface area (Å²) in [6.45, 7) is 3.73. The van der Waals surface area contributed by atoms with Gasteiger partial charge in [-0.1, -0.05) is 42.5 Å². The standard InChI is InChI=1S/C17H20N2O2S.ClH/c1-14-13-19(12-11-18-14)22(20,21)17-9-7-16(8-10-17)15-5-3-2-4-6-15;/h2-10,14,18H,11-13H2,1H3;1H. The van der Waals surface area contributed by atoms with Crippen molar-refractivity contribution in [2.24, 2.45) is 0 Å². The Morgan fingerprint density at radius 2 is 1.61 bits per heavy atom. The lowest BCUT2D eigenvalue weighted by Gasteiger charge is -2.31. The molecule has 4 nitrogen and oxygen atoms in total. The second-order valence-corrected chi connectivity index (χ2v) is 7.55. The van der Waals surface area contributed by atoms with Gasteiger partial charge in [0.1, 0.15) is 0 Å². The van der Waals surface area contributed by atoms with Gasteiger partial charge in [-0.2, -0.15) is 4.31 Å². The van der Waals surface area contributed by atoms with Crippen molar-refractivity contribution < 1.29 is 8.42 Å². The molecule has 1 saturated heterocycles. The third-order valence-corrected chi connectivity index (χ3v) is 5.81. The minimum Gasteiger partial charge on any atom is -0.312 e. The van der Waals surface area contributed by atoms with Gasteiger partial charge in [-0.25, -0.2) is 8.42 Å². The van der Waals surface area contributed by atoms with E-state index in [1.807, 2.05) is 49.4 Å². The van der Waals surface area contributed by atoms with Crippen LogP contribution >= 0.6 is 12.4 Å². The highest BCUT2D eigenvalue weighted by Crippen LogP contribution is 2.23. The minimum atomic E-state index is -3.40. The maximum absolute atomic E-state index is 12.7. The molecule has 1 N–H and O–H groups in total. The number of halogens is 1. The quantitative estimate of drug-likeness (QED) is 0.924. The number of hydrogen-bond donors (Lipinski definition) is 1. The highest BCUT2D eigenvalue weighted by atomic mass is 35.5. The van der Waals surface area contributed by atoms with Crippen LogP contribution in [0.3, 0.4) is 0 Å². The zero-order chi connectivity index (χ0) is 15.6. The predicted octanol–water partition coefficient (Wildman–Crippen LogP) is 2.76. The van der Waals surface area contributed by atoms with Gasteiger partial charge in [0.25, 0.3) is 0 Å². The normalized spacial score (nSPS) is 19.1. The molecule has 0 spiro atoms. The van der Waals surface area contributed by atoms with Crippen molar-refractivity contribution >= 4 is 22.4 Å². The molecule has 0 radical (unpaired) electrons. The van der Waals surface area contributed by atoms with Crippen LogP contribution in [0, 0.1) is 0 Å². The number of rotatable bonds is 3. The fourth-order valence-corrected chi connectivity index (χ4v) is 4.24. The summed E-state index contributed by atoms with van der Waals surface area (Å²) >= 11 is 0. The fourth-order valence-electron chi connectivity index (χ4n) is 2.71. The summed E-state index contributed by atoms with van der Waals surface area (Å²) in [6.07, 6.45) is 0. The number of piperazine rings is 1. The highest BCUT2D eigenvalue weighted by Gasteiger charge is 2.28. The molecule has 0 aromatic heterocycles. The van der Waals surface area contributed by atoms with Crippen molar-refractivity contribution in [2.75, 3.05) is 19.6 Å². The van der Waals surface area contributed by atoms with Crippen molar-refractivity contribution in [3.05, 3.63) is 54.6 Å². The van der Waals surface area contributed by atoms with Crippen LogP contribution in [0.2, 0.25) is 0 Å². The van der Waals surface area contributed by atoms with E-state index in [0.29, 0.717) is 24.5 Å². The summed E-state index contributed by atoms with van der Waals surface area (Å²) in [5.41, 5.74) is 2.11. The molecule has 0 amide bonds. The van der Waals surface area contributed by atoms with Crippen LogP contribution in [-0.2, 0) is 10.0 Å². The third-order valence-electron chi connectivity index (χ3n) is 3.93. The molecule has 1 heterocycles. The molecule has 2 aromatic carbocycles. The molecule has 1 unspecified atom stereocenters. The lowest BCUT2D eigenvalue weighted by Crippen LogP contribution is -2.51. The molecular weight excluding hydrogens is 332 g/mol. The molecule has 2 aromatic rings. The average Bonchev–Trinajstić information content (AvgIpc) is 2.56. The van der Waals surface area contributed by atoms with Crippen LogP contribution in [0.5, 0.6) is 0 Å². The summed E-state index contributed by atoms with van der Waals surface area (Å²) in [5, 5.41) is 3.26. The van der Waals surface area contributed by atoms with E-state index in [0.717, 1.165) is 11.1 Å². The molecular formula is C17H21ClN2O2S. The lowest BCUT2D eigenvalue weighted by molar-refractivity contribution is 0.310. The second-order valence-electron chi connectivity index (χ2n) is 5.61. The summed E-state index contributed by atoms with van der Waals surface area (Å²) in [5.74, 6) is 0. The Hall–Kier alpha value is -1.40. The zero-order valence-electron chi connectivity index (χ0n) is 13.0.